The fourth-order valence-electron chi connectivity index (χ4n) is 3.55. The first-order valence-corrected chi connectivity index (χ1v) is 9.42. The van der Waals surface area contributed by atoms with Crippen molar-refractivity contribution in [3.8, 4) is 16.2 Å². The molecule has 1 aliphatic heterocycles. The molecule has 4 nitrogen and oxygen atoms in total. The van der Waals surface area contributed by atoms with E-state index in [0.717, 1.165) is 49.4 Å². The normalized spacial score (nSPS) is 17.0. The highest BCUT2D eigenvalue weighted by Gasteiger charge is 2.23. The maximum Gasteiger partial charge on any atom is 0.275 e. The van der Waals surface area contributed by atoms with Crippen molar-refractivity contribution in [1.82, 2.24) is 10.4 Å². The van der Waals surface area contributed by atoms with E-state index >= 15 is 0 Å². The number of nitrogens with one attached hydrogen (secondary N) is 1. The highest BCUT2D eigenvalue weighted by atomic mass is 32.1. The molecule has 0 spiro atoms. The van der Waals surface area contributed by atoms with Gasteiger partial charge >= 0.3 is 0 Å². The van der Waals surface area contributed by atoms with Crippen LogP contribution in [0.2, 0.25) is 0 Å². The van der Waals surface area contributed by atoms with E-state index in [2.05, 4.69) is 28.6 Å². The molecule has 2 aromatic rings. The van der Waals surface area contributed by atoms with Crippen LogP contribution in [-0.2, 0) is 12.8 Å². The van der Waals surface area contributed by atoms with Gasteiger partial charge in [-0.3, -0.25) is 10.2 Å². The molecule has 5 heteroatoms. The number of hydrogen-bond donors (Lipinski definition) is 1. The van der Waals surface area contributed by atoms with Crippen molar-refractivity contribution in [3.05, 3.63) is 40.3 Å². The Morgan fingerprint density at radius 3 is 2.71 bits per heavy atom. The van der Waals surface area contributed by atoms with Crippen LogP contribution in [0.3, 0.4) is 0 Å². The molecule has 0 unspecified atom stereocenters. The van der Waals surface area contributed by atoms with E-state index in [1.54, 1.807) is 18.4 Å². The van der Waals surface area contributed by atoms with Gasteiger partial charge in [-0.05, 0) is 66.6 Å². The zero-order chi connectivity index (χ0) is 16.5. The molecular weight excluding hydrogens is 320 g/mol. The molecule has 24 heavy (non-hydrogen) atoms. The third kappa shape index (κ3) is 2.94. The van der Waals surface area contributed by atoms with Crippen LogP contribution in [0.1, 0.15) is 40.1 Å². The Hall–Kier alpha value is -1.85. The fourth-order valence-corrected chi connectivity index (χ4v) is 4.71. The molecule has 1 aromatic carbocycles. The highest BCUT2D eigenvalue weighted by Crippen LogP contribution is 2.40. The van der Waals surface area contributed by atoms with Crippen LogP contribution < -0.4 is 10.2 Å². The van der Waals surface area contributed by atoms with Crippen molar-refractivity contribution in [2.24, 2.45) is 0 Å². The molecule has 0 bridgehead atoms. The SMILES string of the molecule is COc1ccc2c(c1)CCc1cc(C(=O)NN3CCCCC3)sc1-2. The predicted octanol–water partition coefficient (Wildman–Crippen LogP) is 3.65. The minimum absolute atomic E-state index is 0.0337. The van der Waals surface area contributed by atoms with Gasteiger partial charge in [-0.15, -0.1) is 11.3 Å². The zero-order valence-electron chi connectivity index (χ0n) is 13.9. The minimum Gasteiger partial charge on any atom is -0.497 e. The number of fused-ring (bicyclic) bond motifs is 3. The molecule has 1 N–H and O–H groups in total. The smallest absolute Gasteiger partial charge is 0.275 e. The van der Waals surface area contributed by atoms with Gasteiger partial charge in [0.05, 0.1) is 12.0 Å². The Kier molecular flexibility index (Phi) is 4.29. The Bertz CT molecular complexity index is 763. The van der Waals surface area contributed by atoms with E-state index in [9.17, 15) is 4.79 Å². The number of hydrogen-bond acceptors (Lipinski definition) is 4. The van der Waals surface area contributed by atoms with Crippen LogP contribution in [0, 0.1) is 0 Å². The molecule has 1 aliphatic carbocycles. The number of aryl methyl sites for hydroxylation is 2. The van der Waals surface area contributed by atoms with Crippen LogP contribution >= 0.6 is 11.3 Å². The molecule has 1 fully saturated rings. The second-order valence-corrected chi connectivity index (χ2v) is 7.53. The third-order valence-electron chi connectivity index (χ3n) is 4.87. The van der Waals surface area contributed by atoms with Gasteiger partial charge in [0.15, 0.2) is 0 Å². The van der Waals surface area contributed by atoms with Crippen molar-refractivity contribution in [2.75, 3.05) is 20.2 Å². The van der Waals surface area contributed by atoms with Gasteiger partial charge < -0.3 is 4.74 Å². The molecule has 1 aromatic heterocycles. The van der Waals surface area contributed by atoms with Gasteiger partial charge in [-0.2, -0.15) is 0 Å². The Morgan fingerprint density at radius 1 is 1.12 bits per heavy atom. The average molecular weight is 342 g/mol. The number of rotatable bonds is 3. The van der Waals surface area contributed by atoms with Crippen LogP contribution in [0.5, 0.6) is 5.75 Å². The van der Waals surface area contributed by atoms with Gasteiger partial charge in [0.2, 0.25) is 0 Å². The molecular formula is C19H22N2O2S. The topological polar surface area (TPSA) is 41.6 Å². The molecule has 2 heterocycles. The number of piperidine rings is 1. The van der Waals surface area contributed by atoms with Gasteiger partial charge in [0.1, 0.15) is 5.75 Å². The van der Waals surface area contributed by atoms with E-state index < -0.39 is 0 Å². The third-order valence-corrected chi connectivity index (χ3v) is 6.08. The first-order valence-electron chi connectivity index (χ1n) is 8.60. The molecule has 2 aliphatic rings. The Labute approximate surface area is 146 Å². The Balaban J connectivity index is 1.57. The molecule has 0 radical (unpaired) electrons. The summed E-state index contributed by atoms with van der Waals surface area (Å²) in [5.41, 5.74) is 6.93. The maximum atomic E-state index is 12.6. The number of carbonyl (C=O) groups excluding carboxylic acids is 1. The van der Waals surface area contributed by atoms with Gasteiger partial charge in [0.25, 0.3) is 5.91 Å². The largest absolute Gasteiger partial charge is 0.497 e. The maximum absolute atomic E-state index is 12.6. The summed E-state index contributed by atoms with van der Waals surface area (Å²) in [6.07, 6.45) is 5.58. The molecule has 126 valence electrons. The van der Waals surface area contributed by atoms with Crippen molar-refractivity contribution in [1.29, 1.82) is 0 Å². The lowest BCUT2D eigenvalue weighted by molar-refractivity contribution is 0.0754. The first-order chi connectivity index (χ1) is 11.7. The predicted molar refractivity (Wildman–Crippen MR) is 96.6 cm³/mol. The summed E-state index contributed by atoms with van der Waals surface area (Å²) in [4.78, 5) is 14.6. The summed E-state index contributed by atoms with van der Waals surface area (Å²) in [5.74, 6) is 0.934. The van der Waals surface area contributed by atoms with Crippen molar-refractivity contribution < 1.29 is 9.53 Å². The lowest BCUT2D eigenvalue weighted by Gasteiger charge is -2.26. The van der Waals surface area contributed by atoms with Crippen molar-refractivity contribution in [3.63, 3.8) is 0 Å². The molecule has 1 saturated heterocycles. The summed E-state index contributed by atoms with van der Waals surface area (Å²) in [6.45, 7) is 1.92. The minimum atomic E-state index is 0.0337. The molecule has 0 saturated carbocycles. The second-order valence-electron chi connectivity index (χ2n) is 6.48. The number of ether oxygens (including phenoxy) is 1. The highest BCUT2D eigenvalue weighted by molar-refractivity contribution is 7.17. The fraction of sp³-hybridized carbons (Fsp3) is 0.421. The summed E-state index contributed by atoms with van der Waals surface area (Å²) >= 11 is 1.61. The number of thiophene rings is 1. The standard InChI is InChI=1S/C19H22N2O2S/c1-23-15-7-8-16-13(11-15)5-6-14-12-17(24-18(14)16)19(22)20-21-9-3-2-4-10-21/h7-8,11-12H,2-6,9-10H2,1H3,(H,20,22). The van der Waals surface area contributed by atoms with Crippen molar-refractivity contribution >= 4 is 17.2 Å². The quantitative estimate of drug-likeness (QED) is 0.926. The lowest BCUT2D eigenvalue weighted by atomic mass is 9.91. The van der Waals surface area contributed by atoms with E-state index in [1.807, 2.05) is 6.07 Å². The van der Waals surface area contributed by atoms with Crippen molar-refractivity contribution in [2.45, 2.75) is 32.1 Å². The number of methoxy groups -OCH3 is 1. The van der Waals surface area contributed by atoms with Gasteiger partial charge in [0, 0.05) is 18.0 Å². The first kappa shape index (κ1) is 15.7. The summed E-state index contributed by atoms with van der Waals surface area (Å²) in [7, 11) is 1.70. The van der Waals surface area contributed by atoms with E-state index in [1.165, 1.54) is 28.0 Å². The summed E-state index contributed by atoms with van der Waals surface area (Å²) in [6, 6.07) is 8.31. The van der Waals surface area contributed by atoms with Crippen LogP contribution in [0.25, 0.3) is 10.4 Å². The zero-order valence-corrected chi connectivity index (χ0v) is 14.7. The number of nitrogens with zero attached hydrogens (tertiary/aromatic N) is 1. The summed E-state index contributed by atoms with van der Waals surface area (Å²) < 4.78 is 5.33. The molecule has 4 rings (SSSR count). The number of hydrazine groups is 1. The number of carbonyl (C=O) groups is 1. The van der Waals surface area contributed by atoms with Crippen LogP contribution in [0.15, 0.2) is 24.3 Å². The lowest BCUT2D eigenvalue weighted by Crippen LogP contribution is -2.44. The number of amides is 1. The van der Waals surface area contributed by atoms with Gasteiger partial charge in [-0.25, -0.2) is 5.01 Å². The average Bonchev–Trinajstić information content (AvgIpc) is 3.07. The van der Waals surface area contributed by atoms with E-state index in [-0.39, 0.29) is 5.91 Å². The van der Waals surface area contributed by atoms with E-state index in [0.29, 0.717) is 0 Å². The molecule has 0 atom stereocenters. The van der Waals surface area contributed by atoms with Gasteiger partial charge in [-0.1, -0.05) is 6.42 Å². The monoisotopic (exact) mass is 342 g/mol. The molecule has 1 amide bonds. The van der Waals surface area contributed by atoms with E-state index in [4.69, 9.17) is 4.74 Å². The summed E-state index contributed by atoms with van der Waals surface area (Å²) in [5, 5.41) is 2.06. The number of benzene rings is 1. The second kappa shape index (κ2) is 6.57. The van der Waals surface area contributed by atoms with Crippen LogP contribution in [-0.4, -0.2) is 31.1 Å². The van der Waals surface area contributed by atoms with Crippen LogP contribution in [0.4, 0.5) is 0 Å². The Morgan fingerprint density at radius 2 is 1.92 bits per heavy atom.